The molecule has 0 radical (unpaired) electrons. The number of benzene rings is 2. The van der Waals surface area contributed by atoms with Gasteiger partial charge in [-0.25, -0.2) is 0 Å². The van der Waals surface area contributed by atoms with E-state index < -0.39 is 0 Å². The maximum Gasteiger partial charge on any atom is 0.261 e. The van der Waals surface area contributed by atoms with E-state index in [2.05, 4.69) is 0 Å². The summed E-state index contributed by atoms with van der Waals surface area (Å²) in [7, 11) is 0. The monoisotopic (exact) mass is 427 g/mol. The normalized spacial score (nSPS) is 19.3. The maximum atomic E-state index is 13.1. The molecule has 1 saturated heterocycles. The van der Waals surface area contributed by atoms with Gasteiger partial charge in [0.15, 0.2) is 0 Å². The van der Waals surface area contributed by atoms with Gasteiger partial charge in [0.1, 0.15) is 0 Å². The predicted octanol–water partition coefficient (Wildman–Crippen LogP) is 3.25. The van der Waals surface area contributed by atoms with Crippen LogP contribution in [0, 0.1) is 0 Å². The van der Waals surface area contributed by atoms with Crippen LogP contribution in [-0.2, 0) is 6.54 Å². The number of carbonyl (C=O) groups excluding carboxylic acids is 3. The second-order valence-electron chi connectivity index (χ2n) is 7.86. The molecule has 4 rings (SSSR count). The van der Waals surface area contributed by atoms with Crippen LogP contribution in [0.4, 0.5) is 0 Å². The van der Waals surface area contributed by atoms with Crippen molar-refractivity contribution in [3.63, 3.8) is 0 Å². The Hall–Kier alpha value is -2.70. The number of amides is 3. The van der Waals surface area contributed by atoms with Crippen molar-refractivity contribution in [2.24, 2.45) is 5.73 Å². The molecule has 2 aliphatic heterocycles. The highest BCUT2D eigenvalue weighted by atomic mass is 35.5. The molecule has 2 aromatic rings. The van der Waals surface area contributed by atoms with Crippen LogP contribution in [-0.4, -0.2) is 46.1 Å². The lowest BCUT2D eigenvalue weighted by Crippen LogP contribution is -2.51. The number of piperidine rings is 1. The number of hydrogen-bond donors (Lipinski definition) is 1. The lowest BCUT2D eigenvalue weighted by Gasteiger charge is -2.38. The Kier molecular flexibility index (Phi) is 6.58. The second-order valence-corrected chi connectivity index (χ2v) is 7.86. The molecule has 0 bridgehead atoms. The van der Waals surface area contributed by atoms with E-state index in [-0.39, 0.29) is 48.8 Å². The van der Waals surface area contributed by atoms with Gasteiger partial charge in [0, 0.05) is 24.2 Å². The minimum Gasteiger partial charge on any atom is -0.334 e. The summed E-state index contributed by atoms with van der Waals surface area (Å²) in [4.78, 5) is 41.5. The Morgan fingerprint density at radius 2 is 1.73 bits per heavy atom. The van der Waals surface area contributed by atoms with E-state index in [0.29, 0.717) is 23.2 Å². The van der Waals surface area contributed by atoms with Crippen LogP contribution in [0.1, 0.15) is 62.8 Å². The van der Waals surface area contributed by atoms with Crippen LogP contribution < -0.4 is 5.73 Å². The topological polar surface area (TPSA) is 83.7 Å². The summed E-state index contributed by atoms with van der Waals surface area (Å²) in [6, 6.07) is 14.0. The van der Waals surface area contributed by atoms with Crippen LogP contribution in [0.15, 0.2) is 48.5 Å². The fourth-order valence-corrected chi connectivity index (χ4v) is 4.29. The number of hydrogen-bond acceptors (Lipinski definition) is 4. The summed E-state index contributed by atoms with van der Waals surface area (Å²) in [5.41, 5.74) is 8.28. The van der Waals surface area contributed by atoms with E-state index in [1.54, 1.807) is 42.5 Å². The van der Waals surface area contributed by atoms with Gasteiger partial charge in [-0.05, 0) is 56.0 Å². The molecule has 3 amide bonds. The molecule has 30 heavy (non-hydrogen) atoms. The molecule has 0 aromatic heterocycles. The van der Waals surface area contributed by atoms with Crippen molar-refractivity contribution in [2.75, 3.05) is 6.54 Å². The van der Waals surface area contributed by atoms with Crippen LogP contribution in [0.25, 0.3) is 0 Å². The summed E-state index contributed by atoms with van der Waals surface area (Å²) in [6.07, 6.45) is 2.97. The van der Waals surface area contributed by atoms with Crippen LogP contribution in [0.3, 0.4) is 0 Å². The number of nitrogens with zero attached hydrogens (tertiary/aromatic N) is 2. The molecule has 2 N–H and O–H groups in total. The van der Waals surface area contributed by atoms with Crippen molar-refractivity contribution in [2.45, 2.75) is 44.8 Å². The van der Waals surface area contributed by atoms with E-state index in [4.69, 9.17) is 5.73 Å². The Morgan fingerprint density at radius 1 is 1.07 bits per heavy atom. The Balaban J connectivity index is 0.00000256. The molecule has 7 heteroatoms. The average molecular weight is 428 g/mol. The zero-order chi connectivity index (χ0) is 20.5. The maximum absolute atomic E-state index is 13.1. The van der Waals surface area contributed by atoms with Gasteiger partial charge in [-0.1, -0.05) is 24.3 Å². The number of likely N-dealkylation sites (tertiary alicyclic amines) is 1. The molecule has 2 atom stereocenters. The van der Waals surface area contributed by atoms with E-state index in [1.165, 1.54) is 4.90 Å². The highest BCUT2D eigenvalue weighted by molar-refractivity contribution is 6.21. The molecule has 0 saturated carbocycles. The minimum atomic E-state index is -0.296. The Labute approximate surface area is 182 Å². The van der Waals surface area contributed by atoms with Gasteiger partial charge < -0.3 is 10.6 Å². The number of imide groups is 1. The number of rotatable bonds is 4. The van der Waals surface area contributed by atoms with Crippen molar-refractivity contribution in [3.05, 3.63) is 70.8 Å². The molecular formula is C23H26ClN3O3. The summed E-state index contributed by atoms with van der Waals surface area (Å²) < 4.78 is 0. The second kappa shape index (κ2) is 8.98. The van der Waals surface area contributed by atoms with Gasteiger partial charge in [-0.3, -0.25) is 19.3 Å². The Bertz CT molecular complexity index is 941. The molecule has 2 aromatic carbocycles. The van der Waals surface area contributed by atoms with Crippen molar-refractivity contribution in [1.82, 2.24) is 9.80 Å². The molecule has 0 aliphatic carbocycles. The molecule has 0 spiro atoms. The third-order valence-corrected chi connectivity index (χ3v) is 5.81. The van der Waals surface area contributed by atoms with E-state index in [9.17, 15) is 14.4 Å². The fraction of sp³-hybridized carbons (Fsp3) is 0.348. The summed E-state index contributed by atoms with van der Waals surface area (Å²) in [5.74, 6) is -0.637. The third kappa shape index (κ3) is 3.98. The first kappa shape index (κ1) is 22.0. The van der Waals surface area contributed by atoms with Crippen molar-refractivity contribution in [3.8, 4) is 0 Å². The smallest absolute Gasteiger partial charge is 0.261 e. The zero-order valence-electron chi connectivity index (χ0n) is 16.9. The highest BCUT2D eigenvalue weighted by Crippen LogP contribution is 2.25. The molecule has 2 unspecified atom stereocenters. The first-order valence-corrected chi connectivity index (χ1v) is 10.1. The van der Waals surface area contributed by atoms with Gasteiger partial charge in [0.25, 0.3) is 17.7 Å². The van der Waals surface area contributed by atoms with Gasteiger partial charge >= 0.3 is 0 Å². The molecule has 2 aliphatic rings. The first-order chi connectivity index (χ1) is 14.0. The molecule has 158 valence electrons. The molecule has 1 fully saturated rings. The van der Waals surface area contributed by atoms with Crippen molar-refractivity contribution in [1.29, 1.82) is 0 Å². The van der Waals surface area contributed by atoms with Crippen LogP contribution >= 0.6 is 12.4 Å². The zero-order valence-corrected chi connectivity index (χ0v) is 17.7. The van der Waals surface area contributed by atoms with Gasteiger partial charge in [-0.2, -0.15) is 0 Å². The number of halogens is 1. The molecule has 2 heterocycles. The number of nitrogens with two attached hydrogens (primary N) is 1. The van der Waals surface area contributed by atoms with E-state index >= 15 is 0 Å². The quantitative estimate of drug-likeness (QED) is 0.759. The molecule has 6 nitrogen and oxygen atoms in total. The standard InChI is InChI=1S/C23H25N3O3.ClH/c1-15(24)20-11-4-5-12-25(20)21(27)17-8-6-7-16(13-17)14-26-22(28)18-9-2-3-10-19(18)23(26)29;/h2-3,6-10,13,15,20H,4-5,11-12,14,24H2,1H3;1H. The van der Waals surface area contributed by atoms with E-state index in [1.807, 2.05) is 17.9 Å². The lowest BCUT2D eigenvalue weighted by atomic mass is 9.95. The summed E-state index contributed by atoms with van der Waals surface area (Å²) in [5, 5.41) is 0. The third-order valence-electron chi connectivity index (χ3n) is 5.81. The SMILES string of the molecule is CC(N)C1CCCCN1C(=O)c1cccc(CN2C(=O)c3ccccc3C2=O)c1.Cl. The van der Waals surface area contributed by atoms with Crippen LogP contribution in [0.2, 0.25) is 0 Å². The summed E-state index contributed by atoms with van der Waals surface area (Å²) >= 11 is 0. The minimum absolute atomic E-state index is 0. The lowest BCUT2D eigenvalue weighted by molar-refractivity contribution is 0.0583. The fourth-order valence-electron chi connectivity index (χ4n) is 4.29. The average Bonchev–Trinajstić information content (AvgIpc) is 2.98. The summed E-state index contributed by atoms with van der Waals surface area (Å²) in [6.45, 7) is 2.78. The number of carbonyl (C=O) groups is 3. The number of fused-ring (bicyclic) bond motifs is 1. The van der Waals surface area contributed by atoms with Crippen molar-refractivity contribution >= 4 is 30.1 Å². The highest BCUT2D eigenvalue weighted by Gasteiger charge is 2.35. The van der Waals surface area contributed by atoms with E-state index in [0.717, 1.165) is 24.8 Å². The first-order valence-electron chi connectivity index (χ1n) is 10.1. The predicted molar refractivity (Wildman–Crippen MR) is 117 cm³/mol. The van der Waals surface area contributed by atoms with Crippen LogP contribution in [0.5, 0.6) is 0 Å². The van der Waals surface area contributed by atoms with Crippen molar-refractivity contribution < 1.29 is 14.4 Å². The largest absolute Gasteiger partial charge is 0.334 e. The van der Waals surface area contributed by atoms with Gasteiger partial charge in [0.2, 0.25) is 0 Å². The molecular weight excluding hydrogens is 402 g/mol. The van der Waals surface area contributed by atoms with Gasteiger partial charge in [-0.15, -0.1) is 12.4 Å². The van der Waals surface area contributed by atoms with Gasteiger partial charge in [0.05, 0.1) is 17.7 Å². The Morgan fingerprint density at radius 3 is 2.37 bits per heavy atom.